The largest absolute Gasteiger partial charge is 0.465 e. The molecule has 1 aromatic heterocycles. The number of aliphatic hydroxyl groups is 1. The van der Waals surface area contributed by atoms with Gasteiger partial charge in [0.05, 0.1) is 10.7 Å². The van der Waals surface area contributed by atoms with Crippen molar-refractivity contribution in [1.29, 1.82) is 0 Å². The average Bonchev–Trinajstić information content (AvgIpc) is 2.46. The Labute approximate surface area is 92.6 Å². The Morgan fingerprint density at radius 3 is 2.64 bits per heavy atom. The lowest BCUT2D eigenvalue weighted by Gasteiger charge is -2.22. The van der Waals surface area contributed by atoms with Crippen LogP contribution in [0.5, 0.6) is 0 Å². The minimum absolute atomic E-state index is 0.0000487. The maximum absolute atomic E-state index is 9.77. The zero-order chi connectivity index (χ0) is 10.8. The second-order valence-corrected chi connectivity index (χ2v) is 5.13. The molecular weight excluding hydrogens is 246 g/mol. The third kappa shape index (κ3) is 3.44. The monoisotopic (exact) mass is 261 g/mol. The molecule has 0 aromatic carbocycles. The lowest BCUT2D eigenvalue weighted by molar-refractivity contribution is 0.137. The van der Waals surface area contributed by atoms with E-state index in [4.69, 9.17) is 4.42 Å². The van der Waals surface area contributed by atoms with Crippen LogP contribution in [0.3, 0.4) is 0 Å². The van der Waals surface area contributed by atoms with E-state index in [9.17, 15) is 5.11 Å². The summed E-state index contributed by atoms with van der Waals surface area (Å²) >= 11 is 3.31. The van der Waals surface area contributed by atoms with Gasteiger partial charge in [-0.3, -0.25) is 0 Å². The van der Waals surface area contributed by atoms with E-state index in [2.05, 4.69) is 42.0 Å². The van der Waals surface area contributed by atoms with Crippen LogP contribution in [0.2, 0.25) is 0 Å². The van der Waals surface area contributed by atoms with Gasteiger partial charge in [0.2, 0.25) is 0 Å². The number of hydrogen-bond acceptors (Lipinski definition) is 3. The molecule has 0 aliphatic carbocycles. The van der Waals surface area contributed by atoms with Crippen molar-refractivity contribution in [3.8, 4) is 0 Å². The maximum atomic E-state index is 9.77. The van der Waals surface area contributed by atoms with Gasteiger partial charge in [-0.05, 0) is 42.8 Å². The summed E-state index contributed by atoms with van der Waals surface area (Å²) in [6.07, 6.45) is 0.943. The molecule has 0 bridgehead atoms. The Hall–Kier alpha value is -0.320. The minimum atomic E-state index is -0.612. The number of rotatable bonds is 3. The third-order valence-corrected chi connectivity index (χ3v) is 2.43. The predicted molar refractivity (Wildman–Crippen MR) is 59.1 cm³/mol. The van der Waals surface area contributed by atoms with Crippen molar-refractivity contribution in [3.63, 3.8) is 0 Å². The molecular formula is C10H16BrNO2. The SMILES string of the molecule is CC(C)(C)NCC(O)c1occc1Br. The zero-order valence-electron chi connectivity index (χ0n) is 8.67. The Bertz CT molecular complexity index is 291. The van der Waals surface area contributed by atoms with Gasteiger partial charge in [-0.15, -0.1) is 0 Å². The van der Waals surface area contributed by atoms with Crippen molar-refractivity contribution in [2.75, 3.05) is 6.54 Å². The molecule has 1 rings (SSSR count). The molecule has 1 unspecified atom stereocenters. The molecule has 1 atom stereocenters. The highest BCUT2D eigenvalue weighted by molar-refractivity contribution is 9.10. The van der Waals surface area contributed by atoms with Gasteiger partial charge in [-0.2, -0.15) is 0 Å². The normalized spacial score (nSPS) is 14.4. The molecule has 0 saturated heterocycles. The van der Waals surface area contributed by atoms with E-state index >= 15 is 0 Å². The van der Waals surface area contributed by atoms with Crippen molar-refractivity contribution in [3.05, 3.63) is 22.6 Å². The highest BCUT2D eigenvalue weighted by Crippen LogP contribution is 2.24. The van der Waals surface area contributed by atoms with Crippen LogP contribution in [-0.2, 0) is 0 Å². The molecule has 80 valence electrons. The topological polar surface area (TPSA) is 45.4 Å². The predicted octanol–water partition coefficient (Wildman–Crippen LogP) is 2.46. The second-order valence-electron chi connectivity index (χ2n) is 4.28. The minimum Gasteiger partial charge on any atom is -0.465 e. The van der Waals surface area contributed by atoms with Crippen molar-refractivity contribution < 1.29 is 9.52 Å². The first kappa shape index (κ1) is 11.8. The first-order valence-electron chi connectivity index (χ1n) is 4.56. The van der Waals surface area contributed by atoms with Crippen LogP contribution >= 0.6 is 15.9 Å². The average molecular weight is 262 g/mol. The van der Waals surface area contributed by atoms with Gasteiger partial charge in [0.15, 0.2) is 0 Å². The summed E-state index contributed by atoms with van der Waals surface area (Å²) in [6, 6.07) is 1.77. The van der Waals surface area contributed by atoms with Crippen molar-refractivity contribution >= 4 is 15.9 Å². The van der Waals surface area contributed by atoms with Crippen LogP contribution in [0.25, 0.3) is 0 Å². The van der Waals surface area contributed by atoms with Crippen LogP contribution in [0.15, 0.2) is 21.2 Å². The number of furan rings is 1. The first-order chi connectivity index (χ1) is 6.40. The van der Waals surface area contributed by atoms with Crippen LogP contribution < -0.4 is 5.32 Å². The fraction of sp³-hybridized carbons (Fsp3) is 0.600. The molecule has 0 amide bonds. The molecule has 0 radical (unpaired) electrons. The molecule has 4 heteroatoms. The number of aliphatic hydroxyl groups excluding tert-OH is 1. The quantitative estimate of drug-likeness (QED) is 0.879. The molecule has 3 nitrogen and oxygen atoms in total. The molecule has 0 fully saturated rings. The molecule has 1 heterocycles. The Balaban J connectivity index is 2.51. The lowest BCUT2D eigenvalue weighted by Crippen LogP contribution is -2.38. The molecule has 0 aliphatic rings. The van der Waals surface area contributed by atoms with E-state index < -0.39 is 6.10 Å². The molecule has 14 heavy (non-hydrogen) atoms. The molecule has 1 aromatic rings. The van der Waals surface area contributed by atoms with Gasteiger partial charge in [-0.1, -0.05) is 0 Å². The Kier molecular flexibility index (Phi) is 3.75. The summed E-state index contributed by atoms with van der Waals surface area (Å²) in [4.78, 5) is 0. The molecule has 0 spiro atoms. The summed E-state index contributed by atoms with van der Waals surface area (Å²) in [7, 11) is 0. The molecule has 2 N–H and O–H groups in total. The van der Waals surface area contributed by atoms with Crippen molar-refractivity contribution in [2.24, 2.45) is 0 Å². The number of nitrogens with one attached hydrogen (secondary N) is 1. The Morgan fingerprint density at radius 1 is 1.57 bits per heavy atom. The standard InChI is InChI=1S/C10H16BrNO2/c1-10(2,3)12-6-8(13)9-7(11)4-5-14-9/h4-5,8,12-13H,6H2,1-3H3. The summed E-state index contributed by atoms with van der Waals surface area (Å²) in [6.45, 7) is 6.64. The fourth-order valence-electron chi connectivity index (χ4n) is 1.04. The van der Waals surface area contributed by atoms with Gasteiger partial charge < -0.3 is 14.8 Å². The summed E-state index contributed by atoms with van der Waals surface area (Å²) < 4.78 is 5.96. The maximum Gasteiger partial charge on any atom is 0.147 e. The van der Waals surface area contributed by atoms with E-state index in [1.54, 1.807) is 12.3 Å². The van der Waals surface area contributed by atoms with Gasteiger partial charge in [0.25, 0.3) is 0 Å². The number of hydrogen-bond donors (Lipinski definition) is 2. The van der Waals surface area contributed by atoms with Crippen molar-refractivity contribution in [2.45, 2.75) is 32.4 Å². The van der Waals surface area contributed by atoms with E-state index in [-0.39, 0.29) is 5.54 Å². The second kappa shape index (κ2) is 4.47. The molecule has 0 saturated carbocycles. The fourth-order valence-corrected chi connectivity index (χ4v) is 1.50. The van der Waals surface area contributed by atoms with Crippen LogP contribution in [0.1, 0.15) is 32.6 Å². The lowest BCUT2D eigenvalue weighted by atomic mass is 10.1. The smallest absolute Gasteiger partial charge is 0.147 e. The van der Waals surface area contributed by atoms with Crippen molar-refractivity contribution in [1.82, 2.24) is 5.32 Å². The number of halogens is 1. The van der Waals surface area contributed by atoms with Crippen LogP contribution in [0.4, 0.5) is 0 Å². The molecule has 0 aliphatic heterocycles. The summed E-state index contributed by atoms with van der Waals surface area (Å²) in [5, 5.41) is 13.0. The van der Waals surface area contributed by atoms with Gasteiger partial charge in [0.1, 0.15) is 11.9 Å². The summed E-state index contributed by atoms with van der Waals surface area (Å²) in [5.41, 5.74) is 0.0000487. The van der Waals surface area contributed by atoms with Gasteiger partial charge in [0, 0.05) is 12.1 Å². The Morgan fingerprint density at radius 2 is 2.21 bits per heavy atom. The first-order valence-corrected chi connectivity index (χ1v) is 5.35. The van der Waals surface area contributed by atoms with Crippen LogP contribution in [-0.4, -0.2) is 17.2 Å². The highest BCUT2D eigenvalue weighted by atomic mass is 79.9. The van der Waals surface area contributed by atoms with E-state index in [1.165, 1.54) is 0 Å². The van der Waals surface area contributed by atoms with Gasteiger partial charge >= 0.3 is 0 Å². The third-order valence-electron chi connectivity index (χ3n) is 1.77. The van der Waals surface area contributed by atoms with E-state index in [0.29, 0.717) is 12.3 Å². The van der Waals surface area contributed by atoms with E-state index in [1.807, 2.05) is 0 Å². The highest BCUT2D eigenvalue weighted by Gasteiger charge is 2.17. The summed E-state index contributed by atoms with van der Waals surface area (Å²) in [5.74, 6) is 0.571. The zero-order valence-corrected chi connectivity index (χ0v) is 10.3. The van der Waals surface area contributed by atoms with E-state index in [0.717, 1.165) is 4.47 Å². The number of β-amino-alcohol motifs (C(OH)–C–C–N with tert-alkyl or cyclic N) is 1. The van der Waals surface area contributed by atoms with Gasteiger partial charge in [-0.25, -0.2) is 0 Å². The van der Waals surface area contributed by atoms with Crippen LogP contribution in [0, 0.1) is 0 Å².